The molecular weight excluding hydrogens is 248 g/mol. The number of hydrogen-bond donors (Lipinski definition) is 1. The van der Waals surface area contributed by atoms with Gasteiger partial charge in [0.05, 0.1) is 11.7 Å². The maximum absolute atomic E-state index is 4.46. The van der Waals surface area contributed by atoms with Crippen molar-refractivity contribution in [2.45, 2.75) is 38.1 Å². The maximum Gasteiger partial charge on any atom is 0.108 e. The monoisotopic (exact) mass is 268 g/mol. The summed E-state index contributed by atoms with van der Waals surface area (Å²) in [5.41, 5.74) is 4.65. The molecule has 2 aromatic rings. The Bertz CT molecular complexity index is 637. The first-order valence-corrected chi connectivity index (χ1v) is 7.63. The van der Waals surface area contributed by atoms with Gasteiger partial charge in [0, 0.05) is 25.3 Å². The van der Waals surface area contributed by atoms with Crippen LogP contribution in [0.4, 0.5) is 0 Å². The van der Waals surface area contributed by atoms with Gasteiger partial charge in [0.15, 0.2) is 0 Å². The van der Waals surface area contributed by atoms with E-state index in [1.165, 1.54) is 43.4 Å². The predicted octanol–water partition coefficient (Wildman–Crippen LogP) is 2.99. The molecule has 3 heterocycles. The van der Waals surface area contributed by atoms with Gasteiger partial charge in [0.25, 0.3) is 0 Å². The fraction of sp³-hybridized carbons (Fsp3) is 0.500. The van der Waals surface area contributed by atoms with Crippen molar-refractivity contribution in [2.24, 2.45) is 0 Å². The lowest BCUT2D eigenvalue weighted by molar-refractivity contribution is 0.219. The molecule has 4 nitrogen and oxygen atoms in total. The molecule has 0 aromatic carbocycles. The summed E-state index contributed by atoms with van der Waals surface area (Å²) in [5.74, 6) is 0. The fourth-order valence-electron chi connectivity index (χ4n) is 3.55. The molecule has 1 N–H and O–H groups in total. The minimum absolute atomic E-state index is 0.834. The summed E-state index contributed by atoms with van der Waals surface area (Å²) in [4.78, 5) is 7.12. The zero-order chi connectivity index (χ0) is 13.4. The van der Waals surface area contributed by atoms with Gasteiger partial charge in [-0.25, -0.2) is 0 Å². The number of hydrogen-bond acceptors (Lipinski definition) is 3. The quantitative estimate of drug-likeness (QED) is 0.910. The predicted molar refractivity (Wildman–Crippen MR) is 80.3 cm³/mol. The standard InChI is InChI=1S/C16H20N4/c1-2-4-14(3-1)20-7-5-12(6-8-20)13-9-15-16(17-10-13)11-18-19-15/h5,9-11,14H,1-4,6-8H2,(H,18,19). The highest BCUT2D eigenvalue weighted by molar-refractivity contribution is 5.79. The van der Waals surface area contributed by atoms with E-state index < -0.39 is 0 Å². The molecule has 4 rings (SSSR count). The first-order chi connectivity index (χ1) is 9.90. The summed E-state index contributed by atoms with van der Waals surface area (Å²) in [7, 11) is 0. The van der Waals surface area contributed by atoms with E-state index in [0.29, 0.717) is 0 Å². The molecule has 0 bridgehead atoms. The SMILES string of the molecule is C1=C(c2cnc3cn[nH]c3c2)CCN(C2CCCC2)C1. The van der Waals surface area contributed by atoms with Gasteiger partial charge in [-0.05, 0) is 36.5 Å². The number of pyridine rings is 1. The number of nitrogens with zero attached hydrogens (tertiary/aromatic N) is 3. The lowest BCUT2D eigenvalue weighted by atomic mass is 9.99. The van der Waals surface area contributed by atoms with Gasteiger partial charge >= 0.3 is 0 Å². The minimum Gasteiger partial charge on any atom is -0.296 e. The van der Waals surface area contributed by atoms with Crippen LogP contribution in [0.25, 0.3) is 16.6 Å². The van der Waals surface area contributed by atoms with Crippen LogP contribution in [0.3, 0.4) is 0 Å². The van der Waals surface area contributed by atoms with Crippen LogP contribution in [0, 0.1) is 0 Å². The third kappa shape index (κ3) is 2.14. The molecule has 1 aliphatic carbocycles. The zero-order valence-electron chi connectivity index (χ0n) is 11.7. The van der Waals surface area contributed by atoms with Crippen LogP contribution in [0.15, 0.2) is 24.5 Å². The Kier molecular flexibility index (Phi) is 3.03. The fourth-order valence-corrected chi connectivity index (χ4v) is 3.55. The van der Waals surface area contributed by atoms with Crippen LogP contribution in [0.1, 0.15) is 37.7 Å². The van der Waals surface area contributed by atoms with Gasteiger partial charge < -0.3 is 0 Å². The van der Waals surface area contributed by atoms with E-state index in [1.54, 1.807) is 6.20 Å². The van der Waals surface area contributed by atoms with E-state index in [0.717, 1.165) is 30.0 Å². The molecule has 20 heavy (non-hydrogen) atoms. The van der Waals surface area contributed by atoms with Gasteiger partial charge in [-0.2, -0.15) is 5.10 Å². The van der Waals surface area contributed by atoms with Gasteiger partial charge in [-0.15, -0.1) is 0 Å². The van der Waals surface area contributed by atoms with E-state index in [2.05, 4.69) is 32.2 Å². The Hall–Kier alpha value is -1.68. The molecule has 0 atom stereocenters. The van der Waals surface area contributed by atoms with Crippen LogP contribution >= 0.6 is 0 Å². The zero-order valence-corrected chi connectivity index (χ0v) is 11.7. The van der Waals surface area contributed by atoms with E-state index in [-0.39, 0.29) is 0 Å². The molecule has 0 unspecified atom stereocenters. The summed E-state index contributed by atoms with van der Waals surface area (Å²) in [5, 5.41) is 7.04. The number of aromatic nitrogens is 3. The third-order valence-electron chi connectivity index (χ3n) is 4.74. The van der Waals surface area contributed by atoms with Crippen molar-refractivity contribution in [2.75, 3.05) is 13.1 Å². The number of H-pyrrole nitrogens is 1. The Balaban J connectivity index is 1.54. The summed E-state index contributed by atoms with van der Waals surface area (Å²) in [6, 6.07) is 3.01. The van der Waals surface area contributed by atoms with Crippen molar-refractivity contribution in [3.63, 3.8) is 0 Å². The molecular formula is C16H20N4. The van der Waals surface area contributed by atoms with E-state index in [1.807, 2.05) is 6.20 Å². The first-order valence-electron chi connectivity index (χ1n) is 7.63. The summed E-state index contributed by atoms with van der Waals surface area (Å²) < 4.78 is 0. The van der Waals surface area contributed by atoms with Gasteiger partial charge in [-0.1, -0.05) is 18.9 Å². The molecule has 4 heteroatoms. The Morgan fingerprint density at radius 2 is 2.10 bits per heavy atom. The lowest BCUT2D eigenvalue weighted by Gasteiger charge is -2.31. The van der Waals surface area contributed by atoms with Gasteiger partial charge in [-0.3, -0.25) is 15.0 Å². The molecule has 1 aliphatic heterocycles. The van der Waals surface area contributed by atoms with Crippen molar-refractivity contribution in [1.29, 1.82) is 0 Å². The van der Waals surface area contributed by atoms with Crippen molar-refractivity contribution in [3.8, 4) is 0 Å². The van der Waals surface area contributed by atoms with Crippen molar-refractivity contribution in [1.82, 2.24) is 20.1 Å². The van der Waals surface area contributed by atoms with Crippen LogP contribution in [0.5, 0.6) is 0 Å². The molecule has 1 saturated carbocycles. The van der Waals surface area contributed by atoms with E-state index in [4.69, 9.17) is 0 Å². The van der Waals surface area contributed by atoms with E-state index in [9.17, 15) is 0 Å². The molecule has 0 saturated heterocycles. The number of aromatic amines is 1. The number of rotatable bonds is 2. The molecule has 0 radical (unpaired) electrons. The second kappa shape index (κ2) is 5.02. The smallest absolute Gasteiger partial charge is 0.108 e. The molecule has 2 aromatic heterocycles. The Morgan fingerprint density at radius 3 is 2.90 bits per heavy atom. The van der Waals surface area contributed by atoms with Gasteiger partial charge in [0.2, 0.25) is 0 Å². The maximum atomic E-state index is 4.46. The first kappa shape index (κ1) is 12.1. The highest BCUT2D eigenvalue weighted by Gasteiger charge is 2.24. The normalized spacial score (nSPS) is 21.5. The Labute approximate surface area is 118 Å². The summed E-state index contributed by atoms with van der Waals surface area (Å²) in [6.45, 7) is 2.29. The number of fused-ring (bicyclic) bond motifs is 1. The van der Waals surface area contributed by atoms with Crippen LogP contribution < -0.4 is 0 Å². The average molecular weight is 268 g/mol. The summed E-state index contributed by atoms with van der Waals surface area (Å²) >= 11 is 0. The summed E-state index contributed by atoms with van der Waals surface area (Å²) in [6.07, 6.45) is 12.9. The Morgan fingerprint density at radius 1 is 1.20 bits per heavy atom. The van der Waals surface area contributed by atoms with Crippen LogP contribution in [0.2, 0.25) is 0 Å². The lowest BCUT2D eigenvalue weighted by Crippen LogP contribution is -2.36. The number of nitrogens with one attached hydrogen (secondary N) is 1. The second-order valence-corrected chi connectivity index (χ2v) is 5.94. The topological polar surface area (TPSA) is 44.8 Å². The molecule has 1 fully saturated rings. The highest BCUT2D eigenvalue weighted by Crippen LogP contribution is 2.29. The molecule has 104 valence electrons. The van der Waals surface area contributed by atoms with E-state index >= 15 is 0 Å². The highest BCUT2D eigenvalue weighted by atomic mass is 15.2. The largest absolute Gasteiger partial charge is 0.296 e. The van der Waals surface area contributed by atoms with Crippen molar-refractivity contribution >= 4 is 16.6 Å². The van der Waals surface area contributed by atoms with Crippen molar-refractivity contribution < 1.29 is 0 Å². The van der Waals surface area contributed by atoms with Crippen molar-refractivity contribution in [3.05, 3.63) is 30.1 Å². The van der Waals surface area contributed by atoms with Crippen LogP contribution in [-0.2, 0) is 0 Å². The third-order valence-corrected chi connectivity index (χ3v) is 4.74. The molecule has 2 aliphatic rings. The van der Waals surface area contributed by atoms with Crippen LogP contribution in [-0.4, -0.2) is 39.2 Å². The minimum atomic E-state index is 0.834. The molecule has 0 spiro atoms. The second-order valence-electron chi connectivity index (χ2n) is 5.94. The van der Waals surface area contributed by atoms with Gasteiger partial charge in [0.1, 0.15) is 5.52 Å². The average Bonchev–Trinajstić information content (AvgIpc) is 3.18. The molecule has 0 amide bonds.